The van der Waals surface area contributed by atoms with Crippen molar-refractivity contribution in [1.82, 2.24) is 34.7 Å². The van der Waals surface area contributed by atoms with Crippen LogP contribution in [0.1, 0.15) is 12.8 Å². The lowest BCUT2D eigenvalue weighted by Crippen LogP contribution is -2.45. The summed E-state index contributed by atoms with van der Waals surface area (Å²) in [4.78, 5) is 18.6. The summed E-state index contributed by atoms with van der Waals surface area (Å²) < 4.78 is 42.3. The van der Waals surface area contributed by atoms with Gasteiger partial charge in [-0.15, -0.1) is 10.2 Å². The smallest absolute Gasteiger partial charge is 0.245 e. The predicted molar refractivity (Wildman–Crippen MR) is 140 cm³/mol. The maximum absolute atomic E-state index is 13.6. The number of methoxy groups -OCH3 is 2. The van der Waals surface area contributed by atoms with Crippen LogP contribution in [0.3, 0.4) is 0 Å². The van der Waals surface area contributed by atoms with Gasteiger partial charge in [0.1, 0.15) is 6.33 Å². The summed E-state index contributed by atoms with van der Waals surface area (Å²) in [5.41, 5.74) is 0.932. The van der Waals surface area contributed by atoms with Crippen LogP contribution in [0.15, 0.2) is 49.1 Å². The van der Waals surface area contributed by atoms with Crippen LogP contribution in [0.4, 0.5) is 11.9 Å². The summed E-state index contributed by atoms with van der Waals surface area (Å²) in [7, 11) is -1.06. The average Bonchev–Trinajstić information content (AvgIpc) is 3.35. The minimum absolute atomic E-state index is 0.0601. The standard InChI is InChI=1S/C23H24ClN9O4S/c1-36-20-18(21(37-2)28-14-27-20)33-19(15-7-4-3-5-8-15)29-30-23(33)31-38(34,35)17-9-6-10-32(13-17)22-25-11-16(24)12-26-22/h3-5,7-8,11-12,14,17H,6,9-10,13H2,1-2H3,(H,30,31)/t17-/m1/s1. The second-order valence-electron chi connectivity index (χ2n) is 8.35. The molecule has 5 rings (SSSR count). The van der Waals surface area contributed by atoms with E-state index in [1.54, 1.807) is 0 Å². The molecule has 1 aliphatic rings. The number of hydrogen-bond donors (Lipinski definition) is 1. The van der Waals surface area contributed by atoms with Gasteiger partial charge in [0.2, 0.25) is 33.7 Å². The molecule has 0 spiro atoms. The van der Waals surface area contributed by atoms with E-state index in [0.29, 0.717) is 41.7 Å². The monoisotopic (exact) mass is 557 g/mol. The van der Waals surface area contributed by atoms with Crippen LogP contribution in [-0.4, -0.2) is 75.7 Å². The Hall–Kier alpha value is -4.04. The highest BCUT2D eigenvalue weighted by atomic mass is 35.5. The Morgan fingerprint density at radius 1 is 1.00 bits per heavy atom. The molecule has 0 unspecified atom stereocenters. The molecular formula is C23H24ClN9O4S. The van der Waals surface area contributed by atoms with Crippen LogP contribution in [0.5, 0.6) is 11.8 Å². The molecule has 38 heavy (non-hydrogen) atoms. The molecule has 0 bridgehead atoms. The van der Waals surface area contributed by atoms with Gasteiger partial charge in [0.05, 0.1) is 36.9 Å². The van der Waals surface area contributed by atoms with Crippen LogP contribution < -0.4 is 19.1 Å². The normalized spacial score (nSPS) is 15.8. The number of piperidine rings is 1. The van der Waals surface area contributed by atoms with Crippen molar-refractivity contribution in [2.45, 2.75) is 18.1 Å². The van der Waals surface area contributed by atoms with Crippen LogP contribution in [-0.2, 0) is 10.0 Å². The van der Waals surface area contributed by atoms with Crippen molar-refractivity contribution in [2.75, 3.05) is 36.9 Å². The van der Waals surface area contributed by atoms with Crippen LogP contribution in [0, 0.1) is 0 Å². The number of sulfonamides is 1. The van der Waals surface area contributed by atoms with Gasteiger partial charge in [0.25, 0.3) is 0 Å². The molecule has 0 saturated carbocycles. The van der Waals surface area contributed by atoms with Gasteiger partial charge in [0, 0.05) is 18.7 Å². The Labute approximate surface area is 223 Å². The summed E-state index contributed by atoms with van der Waals surface area (Å²) in [5, 5.41) is 8.12. The molecule has 4 aromatic rings. The third-order valence-electron chi connectivity index (χ3n) is 6.00. The highest BCUT2D eigenvalue weighted by molar-refractivity contribution is 7.93. The van der Waals surface area contributed by atoms with E-state index in [2.05, 4.69) is 34.9 Å². The van der Waals surface area contributed by atoms with Crippen LogP contribution in [0.2, 0.25) is 5.02 Å². The second-order valence-corrected chi connectivity index (χ2v) is 10.7. The minimum Gasteiger partial charge on any atom is -0.479 e. The van der Waals surface area contributed by atoms with Gasteiger partial charge >= 0.3 is 0 Å². The number of aromatic nitrogens is 7. The molecule has 198 valence electrons. The highest BCUT2D eigenvalue weighted by Gasteiger charge is 2.34. The topological polar surface area (TPSA) is 150 Å². The molecule has 0 radical (unpaired) electrons. The van der Waals surface area contributed by atoms with Crippen LogP contribution >= 0.6 is 11.6 Å². The van der Waals surface area contributed by atoms with Gasteiger partial charge in [-0.25, -0.2) is 18.4 Å². The lowest BCUT2D eigenvalue weighted by atomic mass is 10.1. The first-order valence-electron chi connectivity index (χ1n) is 11.6. The number of ether oxygens (including phenoxy) is 2. The molecule has 1 atom stereocenters. The van der Waals surface area contributed by atoms with E-state index < -0.39 is 15.3 Å². The SMILES string of the molecule is COc1ncnc(OC)c1-n1c(NS(=O)(=O)[C@@H]2CCCN(c3ncc(Cl)cn3)C2)nnc1-c1ccccc1. The van der Waals surface area contributed by atoms with Crippen molar-refractivity contribution in [3.8, 4) is 28.8 Å². The first kappa shape index (κ1) is 25.6. The van der Waals surface area contributed by atoms with E-state index in [1.807, 2.05) is 35.2 Å². The Morgan fingerprint density at radius 2 is 1.68 bits per heavy atom. The molecule has 1 fully saturated rings. The van der Waals surface area contributed by atoms with E-state index in [0.717, 1.165) is 0 Å². The summed E-state index contributed by atoms with van der Waals surface area (Å²) in [6.07, 6.45) is 5.33. The fourth-order valence-corrected chi connectivity index (χ4v) is 5.73. The van der Waals surface area contributed by atoms with E-state index in [9.17, 15) is 8.42 Å². The zero-order valence-corrected chi connectivity index (χ0v) is 22.1. The number of halogens is 1. The Morgan fingerprint density at radius 3 is 2.34 bits per heavy atom. The van der Waals surface area contributed by atoms with Crippen molar-refractivity contribution in [3.05, 3.63) is 54.1 Å². The quantitative estimate of drug-likeness (QED) is 0.340. The Kier molecular flexibility index (Phi) is 7.24. The van der Waals surface area contributed by atoms with E-state index in [4.69, 9.17) is 21.1 Å². The molecule has 1 saturated heterocycles. The molecular weight excluding hydrogens is 534 g/mol. The van der Waals surface area contributed by atoms with E-state index in [1.165, 1.54) is 37.5 Å². The summed E-state index contributed by atoms with van der Waals surface area (Å²) in [5.74, 6) is 1.00. The van der Waals surface area contributed by atoms with Crippen molar-refractivity contribution in [3.63, 3.8) is 0 Å². The average molecular weight is 558 g/mol. The molecule has 13 nitrogen and oxygen atoms in total. The Bertz CT molecular complexity index is 1500. The molecule has 0 aliphatic carbocycles. The number of anilines is 2. The van der Waals surface area contributed by atoms with E-state index >= 15 is 0 Å². The predicted octanol–water partition coefficient (Wildman–Crippen LogP) is 2.60. The molecule has 1 N–H and O–H groups in total. The van der Waals surface area contributed by atoms with Gasteiger partial charge in [-0.2, -0.15) is 9.97 Å². The molecule has 3 aromatic heterocycles. The first-order valence-corrected chi connectivity index (χ1v) is 13.5. The highest BCUT2D eigenvalue weighted by Crippen LogP contribution is 2.35. The maximum Gasteiger partial charge on any atom is 0.245 e. The summed E-state index contributed by atoms with van der Waals surface area (Å²) >= 11 is 5.91. The zero-order chi connectivity index (χ0) is 26.7. The van der Waals surface area contributed by atoms with Crippen LogP contribution in [0.25, 0.3) is 17.1 Å². The Balaban J connectivity index is 1.54. The maximum atomic E-state index is 13.6. The van der Waals surface area contributed by atoms with E-state index in [-0.39, 0.29) is 29.9 Å². The lowest BCUT2D eigenvalue weighted by molar-refractivity contribution is 0.368. The molecule has 1 aromatic carbocycles. The fraction of sp³-hybridized carbons (Fsp3) is 0.304. The van der Waals surface area contributed by atoms with Gasteiger partial charge in [0.15, 0.2) is 11.5 Å². The molecule has 15 heteroatoms. The molecule has 0 amide bonds. The molecule has 1 aliphatic heterocycles. The van der Waals surface area contributed by atoms with Gasteiger partial charge in [-0.1, -0.05) is 41.9 Å². The van der Waals surface area contributed by atoms with Crippen molar-refractivity contribution in [1.29, 1.82) is 0 Å². The molecule has 4 heterocycles. The minimum atomic E-state index is -3.94. The largest absolute Gasteiger partial charge is 0.479 e. The van der Waals surface area contributed by atoms with Gasteiger partial charge < -0.3 is 14.4 Å². The summed E-state index contributed by atoms with van der Waals surface area (Å²) in [6, 6.07) is 9.19. The van der Waals surface area contributed by atoms with Crippen molar-refractivity contribution < 1.29 is 17.9 Å². The number of hydrogen-bond acceptors (Lipinski definition) is 11. The van der Waals surface area contributed by atoms with Crippen molar-refractivity contribution in [2.24, 2.45) is 0 Å². The number of nitrogens with one attached hydrogen (secondary N) is 1. The fourth-order valence-electron chi connectivity index (χ4n) is 4.23. The van der Waals surface area contributed by atoms with Crippen molar-refractivity contribution >= 4 is 33.5 Å². The number of rotatable bonds is 8. The number of nitrogens with zero attached hydrogens (tertiary/aromatic N) is 8. The third kappa shape index (κ3) is 5.04. The number of benzene rings is 1. The first-order chi connectivity index (χ1) is 18.4. The summed E-state index contributed by atoms with van der Waals surface area (Å²) in [6.45, 7) is 0.815. The van der Waals surface area contributed by atoms with Gasteiger partial charge in [-0.05, 0) is 12.8 Å². The second kappa shape index (κ2) is 10.8. The zero-order valence-electron chi connectivity index (χ0n) is 20.5. The third-order valence-corrected chi connectivity index (χ3v) is 7.93. The lowest BCUT2D eigenvalue weighted by Gasteiger charge is -2.32. The van der Waals surface area contributed by atoms with Gasteiger partial charge in [-0.3, -0.25) is 9.29 Å².